The molecule has 0 saturated heterocycles. The Kier molecular flexibility index (Phi) is 3.38. The van der Waals surface area contributed by atoms with Crippen molar-refractivity contribution in [1.29, 1.82) is 0 Å². The van der Waals surface area contributed by atoms with Crippen LogP contribution >= 0.6 is 11.6 Å². The summed E-state index contributed by atoms with van der Waals surface area (Å²) < 4.78 is 41.1. The van der Waals surface area contributed by atoms with Gasteiger partial charge in [-0.1, -0.05) is 11.6 Å². The Morgan fingerprint density at radius 3 is 2.65 bits per heavy atom. The van der Waals surface area contributed by atoms with Gasteiger partial charge in [-0.3, -0.25) is 0 Å². The molecule has 0 aromatic carbocycles. The fraction of sp³-hybridized carbons (Fsp3) is 0.462. The highest BCUT2D eigenvalue weighted by Crippen LogP contribution is 2.38. The molecule has 2 heterocycles. The number of fused-ring (bicyclic) bond motifs is 1. The summed E-state index contributed by atoms with van der Waals surface area (Å²) in [4.78, 5) is 3.99. The molecule has 0 radical (unpaired) electrons. The van der Waals surface area contributed by atoms with Crippen LogP contribution in [0.3, 0.4) is 0 Å². The first-order valence-electron chi connectivity index (χ1n) is 6.39. The summed E-state index contributed by atoms with van der Waals surface area (Å²) in [7, 11) is 0. The molecule has 20 heavy (non-hydrogen) atoms. The maximum Gasteiger partial charge on any atom is 0.257 e. The lowest BCUT2D eigenvalue weighted by Crippen LogP contribution is -2.19. The first-order chi connectivity index (χ1) is 9.49. The van der Waals surface area contributed by atoms with E-state index in [4.69, 9.17) is 17.3 Å². The number of halogens is 4. The van der Waals surface area contributed by atoms with Crippen molar-refractivity contribution in [2.24, 2.45) is 5.73 Å². The van der Waals surface area contributed by atoms with Crippen molar-refractivity contribution in [3.8, 4) is 0 Å². The molecule has 3 rings (SSSR count). The Labute approximate surface area is 118 Å². The fourth-order valence-corrected chi connectivity index (χ4v) is 2.63. The van der Waals surface area contributed by atoms with Gasteiger partial charge in [-0.25, -0.2) is 18.2 Å². The first kappa shape index (κ1) is 13.7. The van der Waals surface area contributed by atoms with Gasteiger partial charge in [0.05, 0.1) is 6.04 Å². The molecule has 1 atom stereocenters. The minimum Gasteiger partial charge on any atom is -0.329 e. The zero-order valence-corrected chi connectivity index (χ0v) is 11.2. The van der Waals surface area contributed by atoms with Crippen LogP contribution in [0.4, 0.5) is 13.2 Å². The van der Waals surface area contributed by atoms with Crippen LogP contribution in [0.15, 0.2) is 12.3 Å². The second-order valence-electron chi connectivity index (χ2n) is 5.07. The van der Waals surface area contributed by atoms with Gasteiger partial charge >= 0.3 is 0 Å². The van der Waals surface area contributed by atoms with Gasteiger partial charge in [0, 0.05) is 23.2 Å². The van der Waals surface area contributed by atoms with E-state index < -0.39 is 18.3 Å². The first-order valence-corrected chi connectivity index (χ1v) is 6.77. The van der Waals surface area contributed by atoms with Crippen LogP contribution in [0.5, 0.6) is 0 Å². The van der Waals surface area contributed by atoms with Crippen molar-refractivity contribution in [2.75, 3.05) is 0 Å². The highest BCUT2D eigenvalue weighted by atomic mass is 35.5. The number of rotatable bonds is 3. The standard InChI is InChI=1S/C13H13ClF3N3/c14-11-9(15)4-7-8(10(18)12(16)17)5-20(13(7)19-11)6-2-1-3-6/h4-6,10,12H,1-3,18H2. The molecule has 0 amide bonds. The summed E-state index contributed by atoms with van der Waals surface area (Å²) in [6.45, 7) is 0. The Bertz CT molecular complexity index is 652. The average molecular weight is 304 g/mol. The summed E-state index contributed by atoms with van der Waals surface area (Å²) in [6.07, 6.45) is 1.83. The third-order valence-corrected chi connectivity index (χ3v) is 4.11. The Balaban J connectivity index is 2.21. The molecule has 7 heteroatoms. The van der Waals surface area contributed by atoms with Gasteiger partial charge in [0.15, 0.2) is 11.0 Å². The molecule has 2 aromatic heterocycles. The van der Waals surface area contributed by atoms with Gasteiger partial charge in [-0.15, -0.1) is 0 Å². The van der Waals surface area contributed by atoms with E-state index in [-0.39, 0.29) is 16.8 Å². The summed E-state index contributed by atoms with van der Waals surface area (Å²) in [6, 6.07) is -0.122. The summed E-state index contributed by atoms with van der Waals surface area (Å²) in [5.41, 5.74) is 6.15. The monoisotopic (exact) mass is 303 g/mol. The van der Waals surface area contributed by atoms with Crippen LogP contribution < -0.4 is 5.73 Å². The summed E-state index contributed by atoms with van der Waals surface area (Å²) in [5.74, 6) is -0.728. The largest absolute Gasteiger partial charge is 0.329 e. The van der Waals surface area contributed by atoms with Crippen molar-refractivity contribution in [3.63, 3.8) is 0 Å². The molecule has 1 unspecified atom stereocenters. The Morgan fingerprint density at radius 1 is 1.40 bits per heavy atom. The van der Waals surface area contributed by atoms with E-state index in [1.165, 1.54) is 0 Å². The normalized spacial score (nSPS) is 17.7. The van der Waals surface area contributed by atoms with Crippen molar-refractivity contribution in [3.05, 3.63) is 28.8 Å². The lowest BCUT2D eigenvalue weighted by molar-refractivity contribution is 0.117. The second-order valence-corrected chi connectivity index (χ2v) is 5.43. The Hall–Kier alpha value is -1.27. The molecule has 0 spiro atoms. The minimum atomic E-state index is -2.71. The van der Waals surface area contributed by atoms with Gasteiger partial charge in [0.2, 0.25) is 0 Å². The number of nitrogens with two attached hydrogens (primary N) is 1. The van der Waals surface area contributed by atoms with E-state index in [0.717, 1.165) is 25.3 Å². The van der Waals surface area contributed by atoms with Crippen molar-refractivity contribution < 1.29 is 13.2 Å². The fourth-order valence-electron chi connectivity index (χ4n) is 2.49. The predicted octanol–water partition coefficient (Wildman–Crippen LogP) is 3.82. The summed E-state index contributed by atoms with van der Waals surface area (Å²) >= 11 is 5.70. The molecule has 1 aliphatic rings. The second kappa shape index (κ2) is 4.93. The molecule has 1 saturated carbocycles. The zero-order chi connectivity index (χ0) is 14.4. The Morgan fingerprint density at radius 2 is 2.10 bits per heavy atom. The van der Waals surface area contributed by atoms with Crippen LogP contribution in [-0.4, -0.2) is 16.0 Å². The average Bonchev–Trinajstić information content (AvgIpc) is 2.66. The summed E-state index contributed by atoms with van der Waals surface area (Å²) in [5, 5.41) is 0.0555. The van der Waals surface area contributed by atoms with Crippen LogP contribution in [0, 0.1) is 5.82 Å². The van der Waals surface area contributed by atoms with E-state index in [2.05, 4.69) is 4.98 Å². The molecular formula is C13H13ClF3N3. The lowest BCUT2D eigenvalue weighted by Gasteiger charge is -2.27. The van der Waals surface area contributed by atoms with E-state index in [9.17, 15) is 13.2 Å². The minimum absolute atomic E-state index is 0.199. The van der Waals surface area contributed by atoms with Crippen molar-refractivity contribution >= 4 is 22.6 Å². The number of aromatic nitrogens is 2. The molecule has 0 bridgehead atoms. The van der Waals surface area contributed by atoms with Gasteiger partial charge in [0.25, 0.3) is 6.43 Å². The number of nitrogens with zero attached hydrogens (tertiary/aromatic N) is 2. The highest BCUT2D eigenvalue weighted by molar-refractivity contribution is 6.29. The van der Waals surface area contributed by atoms with Gasteiger partial charge in [0.1, 0.15) is 5.65 Å². The van der Waals surface area contributed by atoms with E-state index in [0.29, 0.717) is 11.0 Å². The molecule has 3 nitrogen and oxygen atoms in total. The maximum atomic E-state index is 13.6. The van der Waals surface area contributed by atoms with Crippen molar-refractivity contribution in [2.45, 2.75) is 37.8 Å². The van der Waals surface area contributed by atoms with E-state index >= 15 is 0 Å². The lowest BCUT2D eigenvalue weighted by atomic mass is 9.93. The zero-order valence-electron chi connectivity index (χ0n) is 10.5. The molecule has 1 aliphatic carbocycles. The molecule has 0 aliphatic heterocycles. The molecule has 1 fully saturated rings. The molecular weight excluding hydrogens is 291 g/mol. The smallest absolute Gasteiger partial charge is 0.257 e. The molecule has 108 valence electrons. The number of hydrogen-bond acceptors (Lipinski definition) is 2. The van der Waals surface area contributed by atoms with Crippen LogP contribution in [0.2, 0.25) is 5.15 Å². The SMILES string of the molecule is NC(c1cn(C2CCC2)c2nc(Cl)c(F)cc12)C(F)F. The molecule has 2 N–H and O–H groups in total. The van der Waals surface area contributed by atoms with Gasteiger partial charge in [-0.05, 0) is 25.3 Å². The van der Waals surface area contributed by atoms with E-state index in [1.54, 1.807) is 10.8 Å². The topological polar surface area (TPSA) is 43.8 Å². The van der Waals surface area contributed by atoms with Crippen molar-refractivity contribution in [1.82, 2.24) is 9.55 Å². The predicted molar refractivity (Wildman–Crippen MR) is 70.5 cm³/mol. The third kappa shape index (κ3) is 2.07. The number of hydrogen-bond donors (Lipinski definition) is 1. The third-order valence-electron chi connectivity index (χ3n) is 3.85. The van der Waals surface area contributed by atoms with Crippen LogP contribution in [0.1, 0.15) is 36.9 Å². The van der Waals surface area contributed by atoms with Gasteiger partial charge in [-0.2, -0.15) is 0 Å². The quantitative estimate of drug-likeness (QED) is 0.876. The van der Waals surface area contributed by atoms with Crippen LogP contribution in [0.25, 0.3) is 11.0 Å². The van der Waals surface area contributed by atoms with Gasteiger partial charge < -0.3 is 10.3 Å². The van der Waals surface area contributed by atoms with Crippen LogP contribution in [-0.2, 0) is 0 Å². The number of pyridine rings is 1. The maximum absolute atomic E-state index is 13.6. The molecule has 2 aromatic rings. The van der Waals surface area contributed by atoms with E-state index in [1.807, 2.05) is 0 Å². The number of alkyl halides is 2. The highest BCUT2D eigenvalue weighted by Gasteiger charge is 2.28.